The highest BCUT2D eigenvalue weighted by molar-refractivity contribution is 5.92. The molecule has 0 radical (unpaired) electrons. The molecule has 0 spiro atoms. The number of carbonyl (C=O) groups is 1. The molecule has 2 aromatic rings. The normalized spacial score (nSPS) is 18.5. The van der Waals surface area contributed by atoms with Crippen molar-refractivity contribution in [2.24, 2.45) is 7.05 Å². The number of rotatable bonds is 4. The lowest BCUT2D eigenvalue weighted by Gasteiger charge is -2.36. The monoisotopic (exact) mass is 326 g/mol. The molecule has 3 rings (SSSR count). The smallest absolute Gasteiger partial charge is 0.267 e. The van der Waals surface area contributed by atoms with Crippen molar-refractivity contribution in [1.29, 1.82) is 0 Å². The SMILES string of the molecule is CNC(=O)c1ccc([C@@H]2CCCCN2Cc2ccc(C)cn2)n1C. The highest BCUT2D eigenvalue weighted by atomic mass is 16.1. The minimum Gasteiger partial charge on any atom is -0.354 e. The molecule has 1 N–H and O–H groups in total. The predicted octanol–water partition coefficient (Wildman–Crippen LogP) is 2.82. The first kappa shape index (κ1) is 16.7. The van der Waals surface area contributed by atoms with E-state index in [1.165, 1.54) is 24.1 Å². The van der Waals surface area contributed by atoms with Crippen molar-refractivity contribution in [3.8, 4) is 0 Å². The second-order valence-corrected chi connectivity index (χ2v) is 6.59. The minimum atomic E-state index is -0.0358. The molecule has 1 atom stereocenters. The quantitative estimate of drug-likeness (QED) is 0.940. The summed E-state index contributed by atoms with van der Waals surface area (Å²) in [6, 6.07) is 8.58. The third-order valence-corrected chi connectivity index (χ3v) is 4.91. The lowest BCUT2D eigenvalue weighted by atomic mass is 9.99. The zero-order valence-corrected chi connectivity index (χ0v) is 14.7. The summed E-state index contributed by atoms with van der Waals surface area (Å²) in [6.45, 7) is 3.98. The van der Waals surface area contributed by atoms with Gasteiger partial charge in [0.15, 0.2) is 0 Å². The van der Waals surface area contributed by atoms with E-state index in [0.717, 1.165) is 25.2 Å². The number of piperidine rings is 1. The Hall–Kier alpha value is -2.14. The van der Waals surface area contributed by atoms with Crippen LogP contribution in [0.25, 0.3) is 0 Å². The van der Waals surface area contributed by atoms with Gasteiger partial charge in [-0.3, -0.25) is 14.7 Å². The number of nitrogens with zero attached hydrogens (tertiary/aromatic N) is 3. The van der Waals surface area contributed by atoms with Crippen LogP contribution in [0.15, 0.2) is 30.5 Å². The van der Waals surface area contributed by atoms with Gasteiger partial charge in [0.1, 0.15) is 5.69 Å². The van der Waals surface area contributed by atoms with Crippen LogP contribution in [0.4, 0.5) is 0 Å². The maximum atomic E-state index is 12.0. The van der Waals surface area contributed by atoms with Crippen LogP contribution in [0.1, 0.15) is 52.7 Å². The van der Waals surface area contributed by atoms with E-state index in [0.29, 0.717) is 11.7 Å². The number of hydrogen-bond donors (Lipinski definition) is 1. The fraction of sp³-hybridized carbons (Fsp3) is 0.474. The fourth-order valence-electron chi connectivity index (χ4n) is 3.53. The number of likely N-dealkylation sites (tertiary alicyclic amines) is 1. The number of hydrogen-bond acceptors (Lipinski definition) is 3. The Morgan fingerprint density at radius 1 is 1.29 bits per heavy atom. The van der Waals surface area contributed by atoms with Gasteiger partial charge in [-0.05, 0) is 50.1 Å². The zero-order valence-electron chi connectivity index (χ0n) is 14.7. The lowest BCUT2D eigenvalue weighted by molar-refractivity contribution is 0.0952. The third-order valence-electron chi connectivity index (χ3n) is 4.91. The number of amides is 1. The molecule has 0 aromatic carbocycles. The molecule has 0 saturated carbocycles. The second-order valence-electron chi connectivity index (χ2n) is 6.59. The molecule has 1 saturated heterocycles. The second kappa shape index (κ2) is 7.18. The van der Waals surface area contributed by atoms with Crippen molar-refractivity contribution in [2.75, 3.05) is 13.6 Å². The molecular weight excluding hydrogens is 300 g/mol. The molecule has 0 aliphatic carbocycles. The average molecular weight is 326 g/mol. The van der Waals surface area contributed by atoms with Crippen molar-refractivity contribution in [2.45, 2.75) is 38.8 Å². The Labute approximate surface area is 143 Å². The molecule has 2 aromatic heterocycles. The molecule has 0 bridgehead atoms. The summed E-state index contributed by atoms with van der Waals surface area (Å²) in [5.74, 6) is -0.0358. The minimum absolute atomic E-state index is 0.0358. The predicted molar refractivity (Wildman–Crippen MR) is 94.8 cm³/mol. The molecule has 0 unspecified atom stereocenters. The molecule has 5 heteroatoms. The van der Waals surface area contributed by atoms with Crippen LogP contribution in [0.5, 0.6) is 0 Å². The van der Waals surface area contributed by atoms with Crippen molar-refractivity contribution < 1.29 is 4.79 Å². The number of pyridine rings is 1. The van der Waals surface area contributed by atoms with Crippen LogP contribution in [-0.4, -0.2) is 34.0 Å². The van der Waals surface area contributed by atoms with E-state index >= 15 is 0 Å². The highest BCUT2D eigenvalue weighted by Crippen LogP contribution is 2.32. The first-order valence-corrected chi connectivity index (χ1v) is 8.63. The Morgan fingerprint density at radius 3 is 2.83 bits per heavy atom. The Morgan fingerprint density at radius 2 is 2.12 bits per heavy atom. The topological polar surface area (TPSA) is 50.2 Å². The Kier molecular flexibility index (Phi) is 5.00. The van der Waals surface area contributed by atoms with E-state index in [1.54, 1.807) is 7.05 Å². The van der Waals surface area contributed by atoms with E-state index in [-0.39, 0.29) is 5.91 Å². The van der Waals surface area contributed by atoms with Gasteiger partial charge in [0.25, 0.3) is 5.91 Å². The van der Waals surface area contributed by atoms with E-state index < -0.39 is 0 Å². The summed E-state index contributed by atoms with van der Waals surface area (Å²) in [7, 11) is 3.65. The summed E-state index contributed by atoms with van der Waals surface area (Å²) in [4.78, 5) is 19.0. The lowest BCUT2D eigenvalue weighted by Crippen LogP contribution is -2.34. The van der Waals surface area contributed by atoms with Crippen molar-refractivity contribution in [1.82, 2.24) is 19.8 Å². The molecule has 24 heavy (non-hydrogen) atoms. The van der Waals surface area contributed by atoms with E-state index in [2.05, 4.69) is 40.3 Å². The highest BCUT2D eigenvalue weighted by Gasteiger charge is 2.27. The largest absolute Gasteiger partial charge is 0.354 e. The summed E-state index contributed by atoms with van der Waals surface area (Å²) >= 11 is 0. The van der Waals surface area contributed by atoms with Crippen LogP contribution < -0.4 is 5.32 Å². The zero-order chi connectivity index (χ0) is 17.1. The van der Waals surface area contributed by atoms with E-state index in [1.807, 2.05) is 23.9 Å². The summed E-state index contributed by atoms with van der Waals surface area (Å²) in [6.07, 6.45) is 5.50. The molecule has 3 heterocycles. The number of nitrogens with one attached hydrogen (secondary N) is 1. The standard InChI is InChI=1S/C19H26N4O/c1-14-7-8-15(21-12-14)13-23-11-5-4-6-17(23)16-9-10-18(22(16)3)19(24)20-2/h7-10,12,17H,4-6,11,13H2,1-3H3,(H,20,24)/t17-/m0/s1. The first-order chi connectivity index (χ1) is 11.6. The summed E-state index contributed by atoms with van der Waals surface area (Å²) in [5.41, 5.74) is 4.21. The third kappa shape index (κ3) is 3.36. The first-order valence-electron chi connectivity index (χ1n) is 8.63. The van der Waals surface area contributed by atoms with Gasteiger partial charge in [0, 0.05) is 32.5 Å². The Bertz CT molecular complexity index is 705. The molecule has 128 valence electrons. The van der Waals surface area contributed by atoms with Gasteiger partial charge in [0.2, 0.25) is 0 Å². The van der Waals surface area contributed by atoms with Crippen molar-refractivity contribution in [3.05, 3.63) is 53.1 Å². The number of aryl methyl sites for hydroxylation is 1. The van der Waals surface area contributed by atoms with Gasteiger partial charge in [-0.2, -0.15) is 0 Å². The van der Waals surface area contributed by atoms with Gasteiger partial charge in [-0.25, -0.2) is 0 Å². The van der Waals surface area contributed by atoms with Crippen LogP contribution in [0.2, 0.25) is 0 Å². The van der Waals surface area contributed by atoms with E-state index in [9.17, 15) is 4.79 Å². The summed E-state index contributed by atoms with van der Waals surface area (Å²) in [5, 5.41) is 2.71. The maximum Gasteiger partial charge on any atom is 0.267 e. The molecule has 1 fully saturated rings. The van der Waals surface area contributed by atoms with Gasteiger partial charge >= 0.3 is 0 Å². The van der Waals surface area contributed by atoms with Gasteiger partial charge in [-0.15, -0.1) is 0 Å². The average Bonchev–Trinajstić information content (AvgIpc) is 2.98. The Balaban J connectivity index is 1.83. The van der Waals surface area contributed by atoms with E-state index in [4.69, 9.17) is 0 Å². The molecule has 1 aliphatic heterocycles. The molecular formula is C19H26N4O. The van der Waals surface area contributed by atoms with Crippen molar-refractivity contribution >= 4 is 5.91 Å². The van der Waals surface area contributed by atoms with Crippen LogP contribution in [0.3, 0.4) is 0 Å². The van der Waals surface area contributed by atoms with Gasteiger partial charge in [-0.1, -0.05) is 12.5 Å². The number of carbonyl (C=O) groups excluding carboxylic acids is 1. The van der Waals surface area contributed by atoms with Gasteiger partial charge in [0.05, 0.1) is 11.7 Å². The van der Waals surface area contributed by atoms with Crippen LogP contribution >= 0.6 is 0 Å². The number of aromatic nitrogens is 2. The molecule has 1 aliphatic rings. The summed E-state index contributed by atoms with van der Waals surface area (Å²) < 4.78 is 2.03. The fourth-order valence-corrected chi connectivity index (χ4v) is 3.53. The van der Waals surface area contributed by atoms with Gasteiger partial charge < -0.3 is 9.88 Å². The van der Waals surface area contributed by atoms with Crippen LogP contribution in [0, 0.1) is 6.92 Å². The molecule has 5 nitrogen and oxygen atoms in total. The molecule has 1 amide bonds. The maximum absolute atomic E-state index is 12.0. The van der Waals surface area contributed by atoms with Crippen LogP contribution in [-0.2, 0) is 13.6 Å². The van der Waals surface area contributed by atoms with Crippen molar-refractivity contribution in [3.63, 3.8) is 0 Å².